The minimum Gasteiger partial charge on any atom is -0.491 e. The molecule has 21 heavy (non-hydrogen) atoms. The van der Waals surface area contributed by atoms with E-state index in [0.29, 0.717) is 17.2 Å². The average Bonchev–Trinajstić information content (AvgIpc) is 2.84. The van der Waals surface area contributed by atoms with Crippen LogP contribution in [0, 0.1) is 0 Å². The molecule has 0 bridgehead atoms. The molecule has 0 saturated carbocycles. The summed E-state index contributed by atoms with van der Waals surface area (Å²) in [6.45, 7) is 0.307. The fraction of sp³-hybridized carbons (Fsp3) is 0.200. The molecule has 0 amide bonds. The van der Waals surface area contributed by atoms with Gasteiger partial charge in [-0.05, 0) is 17.7 Å². The van der Waals surface area contributed by atoms with Crippen molar-refractivity contribution < 1.29 is 13.2 Å². The number of rotatable bonds is 4. The summed E-state index contributed by atoms with van der Waals surface area (Å²) in [4.78, 5) is 0. The first-order valence-corrected chi connectivity index (χ1v) is 8.53. The fourth-order valence-corrected chi connectivity index (χ4v) is 3.99. The largest absolute Gasteiger partial charge is 0.491 e. The number of halogens is 1. The maximum atomic E-state index is 12.3. The number of para-hydroxylation sites is 1. The summed E-state index contributed by atoms with van der Waals surface area (Å²) in [7, 11) is -3.50. The second-order valence-corrected chi connectivity index (χ2v) is 7.03. The van der Waals surface area contributed by atoms with E-state index in [-0.39, 0.29) is 11.8 Å². The molecular formula is C15H14ClNO3S. The highest BCUT2D eigenvalue weighted by Gasteiger charge is 2.28. The quantitative estimate of drug-likeness (QED) is 0.941. The van der Waals surface area contributed by atoms with E-state index in [1.54, 1.807) is 24.3 Å². The van der Waals surface area contributed by atoms with Crippen molar-refractivity contribution in [1.82, 2.24) is 4.72 Å². The van der Waals surface area contributed by atoms with Gasteiger partial charge in [-0.15, -0.1) is 0 Å². The number of benzene rings is 2. The second-order valence-electron chi connectivity index (χ2n) is 4.87. The van der Waals surface area contributed by atoms with E-state index in [4.69, 9.17) is 16.3 Å². The SMILES string of the molecule is O=S(=O)(Cc1ccccc1Cl)NC1COc2ccccc21. The third kappa shape index (κ3) is 3.20. The lowest BCUT2D eigenvalue weighted by molar-refractivity contribution is 0.325. The predicted molar refractivity (Wildman–Crippen MR) is 81.9 cm³/mol. The molecule has 4 nitrogen and oxygen atoms in total. The van der Waals surface area contributed by atoms with Crippen LogP contribution in [0.15, 0.2) is 48.5 Å². The standard InChI is InChI=1S/C15H14ClNO3S/c16-13-7-3-1-5-11(13)10-21(18,19)17-14-9-20-15-8-4-2-6-12(14)15/h1-8,14,17H,9-10H2. The summed E-state index contributed by atoms with van der Waals surface area (Å²) in [6, 6.07) is 14.0. The van der Waals surface area contributed by atoms with Crippen LogP contribution < -0.4 is 9.46 Å². The van der Waals surface area contributed by atoms with Crippen LogP contribution in [0.1, 0.15) is 17.2 Å². The lowest BCUT2D eigenvalue weighted by atomic mass is 10.1. The summed E-state index contributed by atoms with van der Waals surface area (Å²) in [5.41, 5.74) is 1.44. The molecule has 0 aliphatic carbocycles. The number of fused-ring (bicyclic) bond motifs is 1. The van der Waals surface area contributed by atoms with Gasteiger partial charge in [-0.2, -0.15) is 0 Å². The Balaban J connectivity index is 1.77. The first-order valence-electron chi connectivity index (χ1n) is 6.50. The molecule has 1 aliphatic heterocycles. The van der Waals surface area contributed by atoms with Gasteiger partial charge in [-0.1, -0.05) is 48.0 Å². The lowest BCUT2D eigenvalue weighted by Crippen LogP contribution is -2.30. The van der Waals surface area contributed by atoms with Crippen molar-refractivity contribution in [3.8, 4) is 5.75 Å². The highest BCUT2D eigenvalue weighted by Crippen LogP contribution is 2.32. The van der Waals surface area contributed by atoms with Gasteiger partial charge in [0.05, 0.1) is 11.8 Å². The van der Waals surface area contributed by atoms with Gasteiger partial charge in [0.25, 0.3) is 0 Å². The number of nitrogens with one attached hydrogen (secondary N) is 1. The van der Waals surface area contributed by atoms with Crippen LogP contribution in [0.5, 0.6) is 5.75 Å². The van der Waals surface area contributed by atoms with Crippen molar-refractivity contribution in [2.24, 2.45) is 0 Å². The average molecular weight is 324 g/mol. The Labute approximate surface area is 128 Å². The summed E-state index contributed by atoms with van der Waals surface area (Å²) in [5, 5.41) is 0.450. The Hall–Kier alpha value is -1.56. The molecule has 0 radical (unpaired) electrons. The third-order valence-corrected chi connectivity index (χ3v) is 5.03. The number of ether oxygens (including phenoxy) is 1. The molecule has 1 N–H and O–H groups in total. The Morgan fingerprint density at radius 3 is 2.67 bits per heavy atom. The molecule has 1 aliphatic rings. The van der Waals surface area contributed by atoms with Gasteiger partial charge in [0.1, 0.15) is 12.4 Å². The van der Waals surface area contributed by atoms with Gasteiger partial charge < -0.3 is 4.74 Å². The van der Waals surface area contributed by atoms with Gasteiger partial charge in [-0.25, -0.2) is 13.1 Å². The fourth-order valence-electron chi connectivity index (χ4n) is 2.34. The highest BCUT2D eigenvalue weighted by molar-refractivity contribution is 7.88. The van der Waals surface area contributed by atoms with Crippen molar-refractivity contribution >= 4 is 21.6 Å². The number of hydrogen-bond donors (Lipinski definition) is 1. The highest BCUT2D eigenvalue weighted by atomic mass is 35.5. The van der Waals surface area contributed by atoms with Crippen molar-refractivity contribution in [2.45, 2.75) is 11.8 Å². The zero-order valence-corrected chi connectivity index (χ0v) is 12.7. The third-order valence-electron chi connectivity index (χ3n) is 3.33. The number of sulfonamides is 1. The van der Waals surface area contributed by atoms with Gasteiger partial charge in [0, 0.05) is 10.6 Å². The van der Waals surface area contributed by atoms with Gasteiger partial charge >= 0.3 is 0 Å². The molecule has 110 valence electrons. The summed E-state index contributed by atoms with van der Waals surface area (Å²) in [6.07, 6.45) is 0. The monoisotopic (exact) mass is 323 g/mol. The summed E-state index contributed by atoms with van der Waals surface area (Å²) in [5.74, 6) is 0.577. The Bertz CT molecular complexity index is 761. The van der Waals surface area contributed by atoms with E-state index in [1.165, 1.54) is 0 Å². The smallest absolute Gasteiger partial charge is 0.216 e. The molecule has 0 saturated heterocycles. The van der Waals surface area contributed by atoms with Crippen LogP contribution in [0.2, 0.25) is 5.02 Å². The zero-order valence-electron chi connectivity index (χ0n) is 11.1. The van der Waals surface area contributed by atoms with E-state index in [0.717, 1.165) is 11.3 Å². The first kappa shape index (κ1) is 14.4. The van der Waals surface area contributed by atoms with Crippen molar-refractivity contribution in [2.75, 3.05) is 6.61 Å². The van der Waals surface area contributed by atoms with E-state index in [9.17, 15) is 8.42 Å². The van der Waals surface area contributed by atoms with E-state index < -0.39 is 10.0 Å². The first-order chi connectivity index (χ1) is 10.1. The van der Waals surface area contributed by atoms with E-state index in [1.807, 2.05) is 24.3 Å². The van der Waals surface area contributed by atoms with Crippen molar-refractivity contribution in [3.05, 3.63) is 64.7 Å². The lowest BCUT2D eigenvalue weighted by Gasteiger charge is -2.13. The van der Waals surface area contributed by atoms with Crippen LogP contribution in [0.25, 0.3) is 0 Å². The van der Waals surface area contributed by atoms with E-state index in [2.05, 4.69) is 4.72 Å². The Morgan fingerprint density at radius 1 is 1.14 bits per heavy atom. The molecule has 1 heterocycles. The Kier molecular flexibility index (Phi) is 3.89. The van der Waals surface area contributed by atoms with Gasteiger partial charge in [0.15, 0.2) is 0 Å². The van der Waals surface area contributed by atoms with Crippen LogP contribution in [0.3, 0.4) is 0 Å². The van der Waals surface area contributed by atoms with Crippen LogP contribution >= 0.6 is 11.6 Å². The molecule has 1 atom stereocenters. The molecule has 2 aromatic rings. The Morgan fingerprint density at radius 2 is 1.86 bits per heavy atom. The van der Waals surface area contributed by atoms with Gasteiger partial charge in [0.2, 0.25) is 10.0 Å². The van der Waals surface area contributed by atoms with Crippen molar-refractivity contribution in [3.63, 3.8) is 0 Å². The minimum absolute atomic E-state index is 0.147. The molecule has 0 fully saturated rings. The topological polar surface area (TPSA) is 55.4 Å². The van der Waals surface area contributed by atoms with Crippen molar-refractivity contribution in [1.29, 1.82) is 0 Å². The summed E-state index contributed by atoms with van der Waals surface area (Å²) >= 11 is 6.01. The molecule has 3 rings (SSSR count). The van der Waals surface area contributed by atoms with Crippen LogP contribution in [0.4, 0.5) is 0 Å². The molecule has 6 heteroatoms. The molecule has 0 spiro atoms. The predicted octanol–water partition coefficient (Wildman–Crippen LogP) is 2.89. The number of hydrogen-bond acceptors (Lipinski definition) is 3. The maximum Gasteiger partial charge on any atom is 0.216 e. The zero-order chi connectivity index (χ0) is 14.9. The molecule has 2 aromatic carbocycles. The minimum atomic E-state index is -3.50. The normalized spacial score (nSPS) is 17.3. The molecule has 0 aromatic heterocycles. The maximum absolute atomic E-state index is 12.3. The van der Waals surface area contributed by atoms with Crippen LogP contribution in [-0.2, 0) is 15.8 Å². The second kappa shape index (κ2) is 5.67. The van der Waals surface area contributed by atoms with Crippen LogP contribution in [-0.4, -0.2) is 15.0 Å². The molecule has 1 unspecified atom stereocenters. The molecular weight excluding hydrogens is 310 g/mol. The van der Waals surface area contributed by atoms with Gasteiger partial charge in [-0.3, -0.25) is 0 Å². The summed E-state index contributed by atoms with van der Waals surface area (Å²) < 4.78 is 32.7. The van der Waals surface area contributed by atoms with E-state index >= 15 is 0 Å².